The van der Waals surface area contributed by atoms with Gasteiger partial charge >= 0.3 is 0 Å². The van der Waals surface area contributed by atoms with Crippen LogP contribution in [0.25, 0.3) is 0 Å². The highest BCUT2D eigenvalue weighted by Gasteiger charge is 2.12. The smallest absolute Gasteiger partial charge is 0.175 e. The average Bonchev–Trinajstić information content (AvgIpc) is 2.27. The highest BCUT2D eigenvalue weighted by molar-refractivity contribution is 8.00. The number of sulfone groups is 1. The largest absolute Gasteiger partial charge is 0.327 e. The molecular weight excluding hydrogens is 254 g/mol. The van der Waals surface area contributed by atoms with Gasteiger partial charge in [-0.3, -0.25) is 0 Å². The summed E-state index contributed by atoms with van der Waals surface area (Å²) in [5.41, 5.74) is 5.95. The first-order valence-corrected chi connectivity index (χ1v) is 8.34. The second-order valence-corrected chi connectivity index (χ2v) is 7.61. The molecule has 0 heterocycles. The van der Waals surface area contributed by atoms with Gasteiger partial charge in [0.1, 0.15) is 0 Å². The van der Waals surface area contributed by atoms with Crippen molar-refractivity contribution in [2.24, 2.45) is 5.73 Å². The Hall–Kier alpha value is -0.520. The first kappa shape index (κ1) is 14.5. The Labute approximate surface area is 108 Å². The van der Waals surface area contributed by atoms with Gasteiger partial charge < -0.3 is 5.73 Å². The molecule has 0 aliphatic rings. The van der Waals surface area contributed by atoms with E-state index in [1.54, 1.807) is 23.9 Å². The Bertz CT molecular complexity index is 454. The molecule has 0 aliphatic heterocycles. The third-order valence-corrected chi connectivity index (χ3v) is 5.04. The minimum atomic E-state index is -3.10. The number of hydrogen-bond donors (Lipinski definition) is 1. The highest BCUT2D eigenvalue weighted by atomic mass is 32.2. The van der Waals surface area contributed by atoms with Gasteiger partial charge in [-0.1, -0.05) is 13.8 Å². The van der Waals surface area contributed by atoms with E-state index in [9.17, 15) is 8.42 Å². The molecule has 0 fully saturated rings. The van der Waals surface area contributed by atoms with Gasteiger partial charge in [-0.05, 0) is 30.7 Å². The molecule has 0 saturated heterocycles. The van der Waals surface area contributed by atoms with E-state index in [1.807, 2.05) is 12.1 Å². The molecule has 2 atom stereocenters. The van der Waals surface area contributed by atoms with Gasteiger partial charge in [-0.25, -0.2) is 8.42 Å². The molecule has 0 aliphatic carbocycles. The van der Waals surface area contributed by atoms with Crippen molar-refractivity contribution in [1.29, 1.82) is 0 Å². The SMILES string of the molecule is CCC(N)C(C)Sc1ccc(S(C)(=O)=O)cc1. The summed E-state index contributed by atoms with van der Waals surface area (Å²) in [6.45, 7) is 4.15. The molecule has 0 saturated carbocycles. The van der Waals surface area contributed by atoms with Crippen molar-refractivity contribution >= 4 is 21.6 Å². The summed E-state index contributed by atoms with van der Waals surface area (Å²) in [6.07, 6.45) is 2.15. The molecule has 0 aromatic heterocycles. The van der Waals surface area contributed by atoms with Gasteiger partial charge in [-0.2, -0.15) is 0 Å². The molecule has 1 aromatic rings. The molecule has 2 unspecified atom stereocenters. The summed E-state index contributed by atoms with van der Waals surface area (Å²) in [6, 6.07) is 7.11. The number of hydrogen-bond acceptors (Lipinski definition) is 4. The Morgan fingerprint density at radius 1 is 1.29 bits per heavy atom. The lowest BCUT2D eigenvalue weighted by Crippen LogP contribution is -2.29. The maximum Gasteiger partial charge on any atom is 0.175 e. The molecule has 5 heteroatoms. The van der Waals surface area contributed by atoms with Crippen LogP contribution in [0.1, 0.15) is 20.3 Å². The summed E-state index contributed by atoms with van der Waals surface area (Å²) in [5.74, 6) is 0. The fourth-order valence-electron chi connectivity index (χ4n) is 1.40. The first-order valence-electron chi connectivity index (χ1n) is 5.57. The minimum absolute atomic E-state index is 0.162. The van der Waals surface area contributed by atoms with Crippen LogP contribution in [0.15, 0.2) is 34.1 Å². The lowest BCUT2D eigenvalue weighted by molar-refractivity contribution is 0.602. The zero-order valence-corrected chi connectivity index (χ0v) is 12.0. The quantitative estimate of drug-likeness (QED) is 0.836. The Morgan fingerprint density at radius 3 is 2.24 bits per heavy atom. The van der Waals surface area contributed by atoms with Gasteiger partial charge in [0.25, 0.3) is 0 Å². The number of benzene rings is 1. The topological polar surface area (TPSA) is 60.2 Å². The summed E-state index contributed by atoms with van der Waals surface area (Å²) in [5, 5.41) is 0.323. The predicted octanol–water partition coefficient (Wildman–Crippen LogP) is 2.31. The second-order valence-electron chi connectivity index (χ2n) is 4.14. The summed E-state index contributed by atoms with van der Waals surface area (Å²) >= 11 is 1.68. The van der Waals surface area contributed by atoms with Gasteiger partial charge in [-0.15, -0.1) is 11.8 Å². The Kier molecular flexibility index (Phi) is 5.04. The van der Waals surface area contributed by atoms with Crippen LogP contribution in [0.5, 0.6) is 0 Å². The van der Waals surface area contributed by atoms with Crippen LogP contribution in [-0.4, -0.2) is 26.0 Å². The van der Waals surface area contributed by atoms with Gasteiger partial charge in [0.05, 0.1) is 4.90 Å². The van der Waals surface area contributed by atoms with Crippen LogP contribution in [0, 0.1) is 0 Å². The van der Waals surface area contributed by atoms with Crippen molar-refractivity contribution in [2.45, 2.75) is 41.4 Å². The van der Waals surface area contributed by atoms with Crippen LogP contribution in [0.3, 0.4) is 0 Å². The molecule has 0 radical (unpaired) electrons. The molecule has 2 N–H and O–H groups in total. The van der Waals surface area contributed by atoms with E-state index in [2.05, 4.69) is 13.8 Å². The first-order chi connectivity index (χ1) is 7.84. The van der Waals surface area contributed by atoms with Crippen LogP contribution in [0.2, 0.25) is 0 Å². The van der Waals surface area contributed by atoms with E-state index in [1.165, 1.54) is 6.26 Å². The van der Waals surface area contributed by atoms with Crippen molar-refractivity contribution in [3.63, 3.8) is 0 Å². The minimum Gasteiger partial charge on any atom is -0.327 e. The third kappa shape index (κ3) is 4.33. The predicted molar refractivity (Wildman–Crippen MR) is 73.1 cm³/mol. The molecule has 0 bridgehead atoms. The zero-order valence-electron chi connectivity index (χ0n) is 10.4. The molecule has 3 nitrogen and oxygen atoms in total. The second kappa shape index (κ2) is 5.89. The summed E-state index contributed by atoms with van der Waals surface area (Å²) in [7, 11) is -3.10. The fourth-order valence-corrected chi connectivity index (χ4v) is 3.12. The van der Waals surface area contributed by atoms with Crippen molar-refractivity contribution < 1.29 is 8.42 Å². The average molecular weight is 273 g/mol. The number of thioether (sulfide) groups is 1. The molecule has 1 rings (SSSR count). The van der Waals surface area contributed by atoms with Crippen molar-refractivity contribution in [2.75, 3.05) is 6.26 Å². The van der Waals surface area contributed by atoms with E-state index in [0.29, 0.717) is 10.1 Å². The van der Waals surface area contributed by atoms with E-state index in [4.69, 9.17) is 5.73 Å². The Morgan fingerprint density at radius 2 is 1.82 bits per heavy atom. The molecule has 96 valence electrons. The third-order valence-electron chi connectivity index (χ3n) is 2.65. The van der Waals surface area contributed by atoms with Crippen molar-refractivity contribution in [3.05, 3.63) is 24.3 Å². The standard InChI is InChI=1S/C12H19NO2S2/c1-4-12(13)9(2)16-10-5-7-11(8-6-10)17(3,14)15/h5-9,12H,4,13H2,1-3H3. The van der Waals surface area contributed by atoms with E-state index in [0.717, 1.165) is 11.3 Å². The van der Waals surface area contributed by atoms with Gasteiger partial charge in [0.15, 0.2) is 9.84 Å². The van der Waals surface area contributed by atoms with Crippen LogP contribution < -0.4 is 5.73 Å². The van der Waals surface area contributed by atoms with Gasteiger partial charge in [0, 0.05) is 22.4 Å². The van der Waals surface area contributed by atoms with E-state index in [-0.39, 0.29) is 6.04 Å². The van der Waals surface area contributed by atoms with E-state index < -0.39 is 9.84 Å². The normalized spacial score (nSPS) is 15.5. The number of nitrogens with two attached hydrogens (primary N) is 1. The van der Waals surface area contributed by atoms with Crippen LogP contribution in [0.4, 0.5) is 0 Å². The van der Waals surface area contributed by atoms with Gasteiger partial charge in [0.2, 0.25) is 0 Å². The molecular formula is C12H19NO2S2. The lowest BCUT2D eigenvalue weighted by atomic mass is 10.2. The summed E-state index contributed by atoms with van der Waals surface area (Å²) in [4.78, 5) is 1.41. The fraction of sp³-hybridized carbons (Fsp3) is 0.500. The monoisotopic (exact) mass is 273 g/mol. The molecule has 1 aromatic carbocycles. The zero-order chi connectivity index (χ0) is 13.1. The maximum atomic E-state index is 11.3. The van der Waals surface area contributed by atoms with E-state index >= 15 is 0 Å². The summed E-state index contributed by atoms with van der Waals surface area (Å²) < 4.78 is 22.6. The maximum absolute atomic E-state index is 11.3. The lowest BCUT2D eigenvalue weighted by Gasteiger charge is -2.17. The molecule has 17 heavy (non-hydrogen) atoms. The van der Waals surface area contributed by atoms with Crippen molar-refractivity contribution in [3.8, 4) is 0 Å². The van der Waals surface area contributed by atoms with Crippen LogP contribution >= 0.6 is 11.8 Å². The Balaban J connectivity index is 2.76. The van der Waals surface area contributed by atoms with Crippen molar-refractivity contribution in [1.82, 2.24) is 0 Å². The molecule has 0 amide bonds. The molecule has 0 spiro atoms. The highest BCUT2D eigenvalue weighted by Crippen LogP contribution is 2.26. The van der Waals surface area contributed by atoms with Crippen LogP contribution in [-0.2, 0) is 9.84 Å². The number of rotatable bonds is 5.